The minimum Gasteiger partial charge on any atom is -0.316 e. The molecule has 0 aliphatic carbocycles. The van der Waals surface area contributed by atoms with Gasteiger partial charge in [-0.2, -0.15) is 0 Å². The number of thioether (sulfide) groups is 1. The van der Waals surface area contributed by atoms with Crippen molar-refractivity contribution in [3.63, 3.8) is 0 Å². The fraction of sp³-hybridized carbons (Fsp3) is 0.538. The molecule has 0 fully saturated rings. The predicted octanol–water partition coefficient (Wildman–Crippen LogP) is 3.83. The number of benzene rings is 1. The Morgan fingerprint density at radius 3 is 2.75 bits per heavy atom. The molecule has 0 amide bonds. The minimum atomic E-state index is -0.134. The molecule has 3 heteroatoms. The van der Waals surface area contributed by atoms with E-state index in [1.54, 1.807) is 23.9 Å². The first-order valence-electron chi connectivity index (χ1n) is 5.83. The van der Waals surface area contributed by atoms with Crippen LogP contribution in [0.3, 0.4) is 0 Å². The average molecular weight is 241 g/mol. The SMILES string of the molecule is CCCCCSc1cc(F)cc(CNC)c1. The van der Waals surface area contributed by atoms with Crippen LogP contribution in [0.15, 0.2) is 23.1 Å². The van der Waals surface area contributed by atoms with Crippen LogP contribution in [0.1, 0.15) is 31.7 Å². The number of rotatable bonds is 7. The fourth-order valence-electron chi connectivity index (χ4n) is 1.55. The molecule has 0 aromatic heterocycles. The summed E-state index contributed by atoms with van der Waals surface area (Å²) in [5.74, 6) is 0.946. The summed E-state index contributed by atoms with van der Waals surface area (Å²) < 4.78 is 13.3. The summed E-state index contributed by atoms with van der Waals surface area (Å²) in [7, 11) is 1.87. The zero-order valence-electron chi connectivity index (χ0n) is 10.1. The average Bonchev–Trinajstić information content (AvgIpc) is 2.24. The summed E-state index contributed by atoms with van der Waals surface area (Å²) >= 11 is 1.75. The van der Waals surface area contributed by atoms with E-state index in [4.69, 9.17) is 0 Å². The van der Waals surface area contributed by atoms with Gasteiger partial charge in [0.1, 0.15) is 5.82 Å². The molecule has 0 saturated carbocycles. The van der Waals surface area contributed by atoms with Crippen LogP contribution in [0, 0.1) is 5.82 Å². The quantitative estimate of drug-likeness (QED) is 0.575. The second kappa shape index (κ2) is 7.69. The largest absolute Gasteiger partial charge is 0.316 e. The van der Waals surface area contributed by atoms with Gasteiger partial charge in [0, 0.05) is 11.4 Å². The van der Waals surface area contributed by atoms with Gasteiger partial charge in [-0.3, -0.25) is 0 Å². The molecule has 0 heterocycles. The van der Waals surface area contributed by atoms with Crippen molar-refractivity contribution in [3.05, 3.63) is 29.6 Å². The third-order valence-electron chi connectivity index (χ3n) is 2.33. The Hall–Kier alpha value is -0.540. The topological polar surface area (TPSA) is 12.0 Å². The van der Waals surface area contributed by atoms with Crippen LogP contribution in [-0.4, -0.2) is 12.8 Å². The molecule has 0 spiro atoms. The van der Waals surface area contributed by atoms with Crippen LogP contribution in [0.2, 0.25) is 0 Å². The smallest absolute Gasteiger partial charge is 0.124 e. The van der Waals surface area contributed by atoms with E-state index in [2.05, 4.69) is 18.3 Å². The molecule has 1 aromatic carbocycles. The van der Waals surface area contributed by atoms with E-state index in [1.807, 2.05) is 7.05 Å². The Morgan fingerprint density at radius 1 is 1.25 bits per heavy atom. The molecule has 1 rings (SSSR count). The summed E-state index contributed by atoms with van der Waals surface area (Å²) in [6, 6.07) is 5.28. The Morgan fingerprint density at radius 2 is 2.06 bits per heavy atom. The number of halogens is 1. The number of unbranched alkanes of at least 4 members (excludes halogenated alkanes) is 2. The number of nitrogens with one attached hydrogen (secondary N) is 1. The summed E-state index contributed by atoms with van der Waals surface area (Å²) in [6.07, 6.45) is 3.69. The number of hydrogen-bond acceptors (Lipinski definition) is 2. The standard InChI is InChI=1S/C13H20FNS/c1-3-4-5-6-16-13-8-11(10-15-2)7-12(14)9-13/h7-9,15H,3-6,10H2,1-2H3. The van der Waals surface area contributed by atoms with Crippen molar-refractivity contribution in [2.75, 3.05) is 12.8 Å². The summed E-state index contributed by atoms with van der Waals surface area (Å²) in [4.78, 5) is 1.04. The van der Waals surface area contributed by atoms with E-state index in [0.717, 1.165) is 22.8 Å². The zero-order valence-corrected chi connectivity index (χ0v) is 10.9. The monoisotopic (exact) mass is 241 g/mol. The highest BCUT2D eigenvalue weighted by Crippen LogP contribution is 2.22. The van der Waals surface area contributed by atoms with Crippen LogP contribution < -0.4 is 5.32 Å². The third kappa shape index (κ3) is 4.99. The highest BCUT2D eigenvalue weighted by Gasteiger charge is 2.01. The highest BCUT2D eigenvalue weighted by molar-refractivity contribution is 7.99. The second-order valence-corrected chi connectivity index (χ2v) is 5.05. The van der Waals surface area contributed by atoms with Gasteiger partial charge in [-0.1, -0.05) is 19.8 Å². The molecule has 0 aliphatic heterocycles. The van der Waals surface area contributed by atoms with Gasteiger partial charge in [-0.15, -0.1) is 11.8 Å². The van der Waals surface area contributed by atoms with Crippen molar-refractivity contribution in [3.8, 4) is 0 Å². The minimum absolute atomic E-state index is 0.134. The van der Waals surface area contributed by atoms with Crippen LogP contribution >= 0.6 is 11.8 Å². The maximum Gasteiger partial charge on any atom is 0.124 e. The van der Waals surface area contributed by atoms with Gasteiger partial charge in [0.05, 0.1) is 0 Å². The molecule has 90 valence electrons. The van der Waals surface area contributed by atoms with Crippen molar-refractivity contribution >= 4 is 11.8 Å². The Bertz CT molecular complexity index is 315. The summed E-state index contributed by atoms with van der Waals surface area (Å²) in [6.45, 7) is 2.91. The molecule has 1 aromatic rings. The van der Waals surface area contributed by atoms with E-state index in [-0.39, 0.29) is 5.82 Å². The Kier molecular flexibility index (Phi) is 6.50. The van der Waals surface area contributed by atoms with Gasteiger partial charge in [-0.05, 0) is 43.0 Å². The first-order chi connectivity index (χ1) is 7.76. The molecule has 0 atom stereocenters. The van der Waals surface area contributed by atoms with Gasteiger partial charge in [0.25, 0.3) is 0 Å². The maximum absolute atomic E-state index is 13.3. The van der Waals surface area contributed by atoms with Crippen molar-refractivity contribution < 1.29 is 4.39 Å². The van der Waals surface area contributed by atoms with Gasteiger partial charge in [-0.25, -0.2) is 4.39 Å². The molecule has 0 bridgehead atoms. The lowest BCUT2D eigenvalue weighted by molar-refractivity contribution is 0.619. The molecule has 0 unspecified atom stereocenters. The molecular formula is C13H20FNS. The second-order valence-electron chi connectivity index (χ2n) is 3.88. The predicted molar refractivity (Wildman–Crippen MR) is 69.4 cm³/mol. The van der Waals surface area contributed by atoms with E-state index in [1.165, 1.54) is 19.3 Å². The molecule has 1 nitrogen and oxygen atoms in total. The molecule has 1 N–H and O–H groups in total. The first kappa shape index (κ1) is 13.5. The summed E-state index contributed by atoms with van der Waals surface area (Å²) in [5.41, 5.74) is 1.01. The van der Waals surface area contributed by atoms with Crippen LogP contribution in [0.5, 0.6) is 0 Å². The molecule has 0 saturated heterocycles. The molecular weight excluding hydrogens is 221 g/mol. The lowest BCUT2D eigenvalue weighted by atomic mass is 10.2. The zero-order chi connectivity index (χ0) is 11.8. The normalized spacial score (nSPS) is 10.7. The van der Waals surface area contributed by atoms with E-state index in [9.17, 15) is 4.39 Å². The Labute approximate surface area is 102 Å². The van der Waals surface area contributed by atoms with Crippen molar-refractivity contribution in [1.82, 2.24) is 5.32 Å². The van der Waals surface area contributed by atoms with E-state index in [0.29, 0.717) is 0 Å². The van der Waals surface area contributed by atoms with Crippen molar-refractivity contribution in [2.24, 2.45) is 0 Å². The number of hydrogen-bond donors (Lipinski definition) is 1. The van der Waals surface area contributed by atoms with Crippen molar-refractivity contribution in [1.29, 1.82) is 0 Å². The van der Waals surface area contributed by atoms with E-state index >= 15 is 0 Å². The summed E-state index contributed by atoms with van der Waals surface area (Å²) in [5, 5.41) is 3.04. The first-order valence-corrected chi connectivity index (χ1v) is 6.81. The van der Waals surface area contributed by atoms with Crippen molar-refractivity contribution in [2.45, 2.75) is 37.6 Å². The lowest BCUT2D eigenvalue weighted by Crippen LogP contribution is -2.05. The molecule has 16 heavy (non-hydrogen) atoms. The fourth-order valence-corrected chi connectivity index (χ4v) is 2.57. The van der Waals surface area contributed by atoms with Gasteiger partial charge < -0.3 is 5.32 Å². The van der Waals surface area contributed by atoms with Gasteiger partial charge in [0.15, 0.2) is 0 Å². The molecule has 0 radical (unpaired) electrons. The van der Waals surface area contributed by atoms with Gasteiger partial charge >= 0.3 is 0 Å². The van der Waals surface area contributed by atoms with Crippen LogP contribution in [0.25, 0.3) is 0 Å². The van der Waals surface area contributed by atoms with Gasteiger partial charge in [0.2, 0.25) is 0 Å². The van der Waals surface area contributed by atoms with Crippen LogP contribution in [0.4, 0.5) is 4.39 Å². The Balaban J connectivity index is 2.51. The molecule has 0 aliphatic rings. The highest BCUT2D eigenvalue weighted by atomic mass is 32.2. The third-order valence-corrected chi connectivity index (χ3v) is 3.39. The maximum atomic E-state index is 13.3. The van der Waals surface area contributed by atoms with E-state index < -0.39 is 0 Å². The lowest BCUT2D eigenvalue weighted by Gasteiger charge is -2.05. The van der Waals surface area contributed by atoms with Crippen LogP contribution in [-0.2, 0) is 6.54 Å².